The van der Waals surface area contributed by atoms with Gasteiger partial charge in [0.25, 0.3) is 5.91 Å². The Morgan fingerprint density at radius 2 is 1.88 bits per heavy atom. The fourth-order valence-electron chi connectivity index (χ4n) is 3.24. The second-order valence-electron chi connectivity index (χ2n) is 7.98. The highest BCUT2D eigenvalue weighted by Crippen LogP contribution is 2.30. The number of hydrogen-bond donors (Lipinski definition) is 2. The molecule has 0 aliphatic carbocycles. The number of carbonyl (C=O) groups is 3. The monoisotopic (exact) mass is 477 g/mol. The van der Waals surface area contributed by atoms with Crippen LogP contribution in [0.1, 0.15) is 20.3 Å². The van der Waals surface area contributed by atoms with E-state index in [0.717, 1.165) is 0 Å². The molecular weight excluding hydrogens is 453 g/mol. The molecule has 7 nitrogen and oxygen atoms in total. The first-order chi connectivity index (χ1) is 15.2. The van der Waals surface area contributed by atoms with Gasteiger partial charge in [-0.05, 0) is 42.3 Å². The first-order valence-corrected chi connectivity index (χ1v) is 11.0. The predicted molar refractivity (Wildman–Crippen MR) is 125 cm³/mol. The largest absolute Gasteiger partial charge is 0.484 e. The van der Waals surface area contributed by atoms with Crippen LogP contribution in [-0.4, -0.2) is 37.4 Å². The fraction of sp³-hybridized carbons (Fsp3) is 0.348. The highest BCUT2D eigenvalue weighted by molar-refractivity contribution is 6.44. The van der Waals surface area contributed by atoms with Gasteiger partial charge in [0.1, 0.15) is 5.75 Å². The summed E-state index contributed by atoms with van der Waals surface area (Å²) in [7, 11) is 0. The first kappa shape index (κ1) is 23.9. The first-order valence-electron chi connectivity index (χ1n) is 10.3. The summed E-state index contributed by atoms with van der Waals surface area (Å²) in [6.07, 6.45) is 0.189. The van der Waals surface area contributed by atoms with E-state index in [9.17, 15) is 14.4 Å². The minimum atomic E-state index is -0.386. The van der Waals surface area contributed by atoms with E-state index in [4.69, 9.17) is 27.9 Å². The van der Waals surface area contributed by atoms with Gasteiger partial charge in [-0.25, -0.2) is 0 Å². The summed E-state index contributed by atoms with van der Waals surface area (Å²) in [6.45, 7) is 4.75. The highest BCUT2D eigenvalue weighted by Gasteiger charge is 2.35. The average Bonchev–Trinajstić information content (AvgIpc) is 3.16. The van der Waals surface area contributed by atoms with Gasteiger partial charge in [0.05, 0.1) is 21.7 Å². The van der Waals surface area contributed by atoms with Crippen LogP contribution in [0.15, 0.2) is 42.5 Å². The number of ether oxygens (including phenoxy) is 1. The van der Waals surface area contributed by atoms with E-state index in [1.54, 1.807) is 47.4 Å². The van der Waals surface area contributed by atoms with Crippen molar-refractivity contribution in [1.29, 1.82) is 0 Å². The fourth-order valence-corrected chi connectivity index (χ4v) is 3.59. The summed E-state index contributed by atoms with van der Waals surface area (Å²) < 4.78 is 5.51. The maximum absolute atomic E-state index is 12.4. The topological polar surface area (TPSA) is 87.7 Å². The normalized spacial score (nSPS) is 15.7. The number of hydrogen-bond acceptors (Lipinski definition) is 4. The SMILES string of the molecule is CC(C)CNC(=O)C1CC(=O)N(c2ccc(OCC(=O)Nc3cccc(Cl)c3Cl)cc2)C1. The lowest BCUT2D eigenvalue weighted by Gasteiger charge is -2.17. The molecule has 32 heavy (non-hydrogen) atoms. The van der Waals surface area contributed by atoms with Gasteiger partial charge in [-0.15, -0.1) is 0 Å². The lowest BCUT2D eigenvalue weighted by molar-refractivity contribution is -0.126. The van der Waals surface area contributed by atoms with Gasteiger partial charge in [0.2, 0.25) is 11.8 Å². The van der Waals surface area contributed by atoms with Crippen LogP contribution < -0.4 is 20.3 Å². The summed E-state index contributed by atoms with van der Waals surface area (Å²) in [6, 6.07) is 11.8. The molecule has 2 aromatic carbocycles. The van der Waals surface area contributed by atoms with Gasteiger partial charge >= 0.3 is 0 Å². The average molecular weight is 478 g/mol. The summed E-state index contributed by atoms with van der Waals surface area (Å²) in [5.74, 6) is -0.118. The Morgan fingerprint density at radius 1 is 1.16 bits per heavy atom. The summed E-state index contributed by atoms with van der Waals surface area (Å²) in [5, 5.41) is 6.14. The van der Waals surface area contributed by atoms with Crippen molar-refractivity contribution in [2.75, 3.05) is 29.9 Å². The minimum absolute atomic E-state index is 0.0962. The molecule has 3 amide bonds. The van der Waals surface area contributed by atoms with Crippen molar-refractivity contribution in [3.8, 4) is 5.75 Å². The number of nitrogens with one attached hydrogen (secondary N) is 2. The number of amides is 3. The molecule has 1 unspecified atom stereocenters. The zero-order chi connectivity index (χ0) is 23.3. The van der Waals surface area contributed by atoms with Crippen LogP contribution in [0.5, 0.6) is 5.75 Å². The predicted octanol–water partition coefficient (Wildman–Crippen LogP) is 4.14. The Morgan fingerprint density at radius 3 is 2.56 bits per heavy atom. The standard InChI is InChI=1S/C23H25Cl2N3O4/c1-14(2)11-26-23(31)15-10-21(30)28(12-15)16-6-8-17(9-7-16)32-13-20(29)27-19-5-3-4-18(24)22(19)25/h3-9,14-15H,10-13H2,1-2H3,(H,26,31)(H,27,29). The third kappa shape index (κ3) is 6.14. The van der Waals surface area contributed by atoms with Crippen LogP contribution >= 0.6 is 23.2 Å². The lowest BCUT2D eigenvalue weighted by atomic mass is 10.1. The molecule has 1 aliphatic rings. The minimum Gasteiger partial charge on any atom is -0.484 e. The van der Waals surface area contributed by atoms with Crippen molar-refractivity contribution in [2.24, 2.45) is 11.8 Å². The molecule has 9 heteroatoms. The molecule has 1 fully saturated rings. The molecular formula is C23H25Cl2N3O4. The second kappa shape index (κ2) is 10.7. The Balaban J connectivity index is 1.52. The van der Waals surface area contributed by atoms with Crippen LogP contribution in [0.4, 0.5) is 11.4 Å². The van der Waals surface area contributed by atoms with Gasteiger partial charge in [-0.1, -0.05) is 43.1 Å². The van der Waals surface area contributed by atoms with E-state index in [1.165, 1.54) is 0 Å². The smallest absolute Gasteiger partial charge is 0.262 e. The van der Waals surface area contributed by atoms with E-state index in [0.29, 0.717) is 41.2 Å². The molecule has 0 spiro atoms. The van der Waals surface area contributed by atoms with E-state index in [1.807, 2.05) is 13.8 Å². The van der Waals surface area contributed by atoms with E-state index in [2.05, 4.69) is 10.6 Å². The molecule has 2 aromatic rings. The van der Waals surface area contributed by atoms with Gasteiger partial charge in [0.15, 0.2) is 6.61 Å². The number of halogens is 2. The molecule has 0 bridgehead atoms. The van der Waals surface area contributed by atoms with E-state index < -0.39 is 0 Å². The zero-order valence-electron chi connectivity index (χ0n) is 17.9. The van der Waals surface area contributed by atoms with Crippen molar-refractivity contribution in [1.82, 2.24) is 5.32 Å². The Bertz CT molecular complexity index is 995. The Labute approximate surface area is 197 Å². The molecule has 1 saturated heterocycles. The molecule has 0 saturated carbocycles. The van der Waals surface area contributed by atoms with Gasteiger partial charge in [-0.2, -0.15) is 0 Å². The molecule has 3 rings (SSSR count). The van der Waals surface area contributed by atoms with Crippen LogP contribution in [0.2, 0.25) is 10.0 Å². The maximum Gasteiger partial charge on any atom is 0.262 e. The van der Waals surface area contributed by atoms with Crippen molar-refractivity contribution in [3.05, 3.63) is 52.5 Å². The highest BCUT2D eigenvalue weighted by atomic mass is 35.5. The number of carbonyl (C=O) groups excluding carboxylic acids is 3. The maximum atomic E-state index is 12.4. The van der Waals surface area contributed by atoms with Crippen molar-refractivity contribution in [3.63, 3.8) is 0 Å². The Hall–Kier alpha value is -2.77. The Kier molecular flexibility index (Phi) is 7.99. The van der Waals surface area contributed by atoms with E-state index in [-0.39, 0.29) is 41.7 Å². The molecule has 1 aliphatic heterocycles. The van der Waals surface area contributed by atoms with Gasteiger partial charge in [0, 0.05) is 25.2 Å². The molecule has 0 aromatic heterocycles. The third-order valence-corrected chi connectivity index (χ3v) is 5.74. The summed E-state index contributed by atoms with van der Waals surface area (Å²) >= 11 is 12.0. The van der Waals surface area contributed by atoms with Crippen molar-refractivity contribution < 1.29 is 19.1 Å². The van der Waals surface area contributed by atoms with Crippen molar-refractivity contribution >= 4 is 52.3 Å². The molecule has 2 N–H and O–H groups in total. The lowest BCUT2D eigenvalue weighted by Crippen LogP contribution is -2.35. The molecule has 0 radical (unpaired) electrons. The molecule has 1 heterocycles. The zero-order valence-corrected chi connectivity index (χ0v) is 19.4. The molecule has 170 valence electrons. The number of anilines is 2. The van der Waals surface area contributed by atoms with Crippen LogP contribution in [0.25, 0.3) is 0 Å². The van der Waals surface area contributed by atoms with E-state index >= 15 is 0 Å². The number of nitrogens with zero attached hydrogens (tertiary/aromatic N) is 1. The second-order valence-corrected chi connectivity index (χ2v) is 8.76. The number of rotatable bonds is 8. The summed E-state index contributed by atoms with van der Waals surface area (Å²) in [5.41, 5.74) is 1.08. The van der Waals surface area contributed by atoms with Crippen LogP contribution in [-0.2, 0) is 14.4 Å². The third-order valence-electron chi connectivity index (χ3n) is 4.92. The summed E-state index contributed by atoms with van der Waals surface area (Å²) in [4.78, 5) is 38.4. The van der Waals surface area contributed by atoms with Gasteiger partial charge in [-0.3, -0.25) is 14.4 Å². The molecule has 1 atom stereocenters. The van der Waals surface area contributed by atoms with Crippen LogP contribution in [0.3, 0.4) is 0 Å². The van der Waals surface area contributed by atoms with Crippen LogP contribution in [0, 0.1) is 11.8 Å². The van der Waals surface area contributed by atoms with Crippen molar-refractivity contribution in [2.45, 2.75) is 20.3 Å². The van der Waals surface area contributed by atoms with Gasteiger partial charge < -0.3 is 20.3 Å². The quantitative estimate of drug-likeness (QED) is 0.597. The number of benzene rings is 2.